The van der Waals surface area contributed by atoms with E-state index in [1.807, 2.05) is 27.7 Å². The third-order valence-corrected chi connectivity index (χ3v) is 4.39. The second-order valence-corrected chi connectivity index (χ2v) is 7.81. The summed E-state index contributed by atoms with van der Waals surface area (Å²) in [5, 5.41) is 16.7. The summed E-state index contributed by atoms with van der Waals surface area (Å²) in [6.07, 6.45) is 4.30. The maximum absolute atomic E-state index is 12.2. The number of rotatable bonds is 5. The van der Waals surface area contributed by atoms with Crippen LogP contribution in [0, 0.1) is 5.92 Å². The van der Waals surface area contributed by atoms with Gasteiger partial charge >= 0.3 is 0 Å². The largest absolute Gasteiger partial charge is 0.393 e. The average Bonchev–Trinajstić information content (AvgIpc) is 2.49. The van der Waals surface area contributed by atoms with Crippen LogP contribution in [0.3, 0.4) is 0 Å². The van der Waals surface area contributed by atoms with E-state index in [1.54, 1.807) is 6.20 Å². The van der Waals surface area contributed by atoms with E-state index in [4.69, 9.17) is 0 Å². The monoisotopic (exact) mass is 334 g/mol. The third kappa shape index (κ3) is 4.90. The molecule has 1 aromatic rings. The summed E-state index contributed by atoms with van der Waals surface area (Å²) in [6.45, 7) is 10.0. The van der Waals surface area contributed by atoms with E-state index in [2.05, 4.69) is 27.5 Å². The summed E-state index contributed by atoms with van der Waals surface area (Å²) in [4.78, 5) is 21.0. The quantitative estimate of drug-likeness (QED) is 0.717. The fourth-order valence-corrected chi connectivity index (χ4v) is 2.90. The number of carbonyl (C=O) groups is 1. The number of ketones is 1. The van der Waals surface area contributed by atoms with E-state index >= 15 is 0 Å². The van der Waals surface area contributed by atoms with Crippen LogP contribution in [0.5, 0.6) is 0 Å². The second kappa shape index (κ2) is 7.47. The lowest BCUT2D eigenvalue weighted by Gasteiger charge is -2.32. The molecule has 0 radical (unpaired) electrons. The number of nitrogens with one attached hydrogen (secondary N) is 2. The molecule has 1 fully saturated rings. The van der Waals surface area contributed by atoms with Crippen LogP contribution < -0.4 is 10.6 Å². The van der Waals surface area contributed by atoms with Gasteiger partial charge in [-0.25, -0.2) is 4.98 Å². The summed E-state index contributed by atoms with van der Waals surface area (Å²) in [7, 11) is 0. The third-order valence-electron chi connectivity index (χ3n) is 4.39. The number of Topliss-reactive ketones (excluding diaryl/α,β-unsaturated/α-hetero) is 1. The molecule has 0 spiro atoms. The van der Waals surface area contributed by atoms with Crippen molar-refractivity contribution in [2.24, 2.45) is 5.92 Å². The van der Waals surface area contributed by atoms with Crippen molar-refractivity contribution in [1.82, 2.24) is 9.97 Å². The van der Waals surface area contributed by atoms with Crippen LogP contribution in [0.4, 0.5) is 11.8 Å². The molecule has 0 unspecified atom stereocenters. The minimum absolute atomic E-state index is 0.0181. The molecule has 0 amide bonds. The van der Waals surface area contributed by atoms with Gasteiger partial charge in [0.25, 0.3) is 0 Å². The number of hydrogen-bond acceptors (Lipinski definition) is 6. The number of aromatic nitrogens is 2. The summed E-state index contributed by atoms with van der Waals surface area (Å²) in [5.74, 6) is 1.41. The fraction of sp³-hybridized carbons (Fsp3) is 0.722. The minimum atomic E-state index is -0.310. The van der Waals surface area contributed by atoms with Gasteiger partial charge in [0.2, 0.25) is 5.95 Å². The SMILES string of the molecule is CCC(=O)c1cnc(NC(C)(C)C)nc1N[C@@H]1CC[C@@H](C)[C@H](O)C1. The number of carbonyl (C=O) groups excluding carboxylic acids is 1. The van der Waals surface area contributed by atoms with Crippen molar-refractivity contribution >= 4 is 17.5 Å². The van der Waals surface area contributed by atoms with Crippen LogP contribution in [0.25, 0.3) is 0 Å². The van der Waals surface area contributed by atoms with Crippen LogP contribution in [0.1, 0.15) is 70.7 Å². The van der Waals surface area contributed by atoms with Crippen molar-refractivity contribution < 1.29 is 9.90 Å². The van der Waals surface area contributed by atoms with Crippen LogP contribution in [0.15, 0.2) is 6.20 Å². The molecule has 1 saturated carbocycles. The molecule has 0 aliphatic heterocycles. The van der Waals surface area contributed by atoms with Crippen LogP contribution in [-0.2, 0) is 0 Å². The van der Waals surface area contributed by atoms with E-state index in [9.17, 15) is 9.90 Å². The molecular weight excluding hydrogens is 304 g/mol. The van der Waals surface area contributed by atoms with Gasteiger partial charge in [0.05, 0.1) is 11.7 Å². The van der Waals surface area contributed by atoms with E-state index in [0.29, 0.717) is 36.1 Å². The zero-order valence-electron chi connectivity index (χ0n) is 15.4. The molecule has 6 heteroatoms. The number of hydrogen-bond donors (Lipinski definition) is 3. The Kier molecular flexibility index (Phi) is 5.80. The van der Waals surface area contributed by atoms with Crippen LogP contribution in [-0.4, -0.2) is 38.5 Å². The Labute approximate surface area is 144 Å². The van der Waals surface area contributed by atoms with Gasteiger partial charge in [0.15, 0.2) is 5.78 Å². The number of aliphatic hydroxyl groups excluding tert-OH is 1. The number of anilines is 2. The molecule has 24 heavy (non-hydrogen) atoms. The molecule has 0 saturated heterocycles. The molecule has 134 valence electrons. The first kappa shape index (κ1) is 18.6. The van der Waals surface area contributed by atoms with Crippen molar-refractivity contribution in [1.29, 1.82) is 0 Å². The molecule has 3 N–H and O–H groups in total. The lowest BCUT2D eigenvalue weighted by Crippen LogP contribution is -2.35. The molecule has 1 aromatic heterocycles. The Morgan fingerprint density at radius 2 is 2.08 bits per heavy atom. The van der Waals surface area contributed by atoms with Crippen LogP contribution >= 0.6 is 0 Å². The Morgan fingerprint density at radius 3 is 2.67 bits per heavy atom. The fourth-order valence-electron chi connectivity index (χ4n) is 2.90. The molecule has 3 atom stereocenters. The number of nitrogens with zero attached hydrogens (tertiary/aromatic N) is 2. The first-order valence-corrected chi connectivity index (χ1v) is 8.82. The molecule has 6 nitrogen and oxygen atoms in total. The van der Waals surface area contributed by atoms with Crippen molar-refractivity contribution in [2.75, 3.05) is 10.6 Å². The molecule has 1 heterocycles. The lowest BCUT2D eigenvalue weighted by molar-refractivity contribution is 0.0739. The zero-order chi connectivity index (χ0) is 17.9. The molecule has 0 bridgehead atoms. The van der Waals surface area contributed by atoms with Crippen molar-refractivity contribution in [3.05, 3.63) is 11.8 Å². The first-order chi connectivity index (χ1) is 11.2. The van der Waals surface area contributed by atoms with Crippen LogP contribution in [0.2, 0.25) is 0 Å². The van der Waals surface area contributed by atoms with Gasteiger partial charge in [-0.05, 0) is 46.0 Å². The predicted molar refractivity (Wildman–Crippen MR) is 96.5 cm³/mol. The normalized spacial score (nSPS) is 24.5. The van der Waals surface area contributed by atoms with Gasteiger partial charge in [-0.15, -0.1) is 0 Å². The smallest absolute Gasteiger partial charge is 0.225 e. The Bertz CT molecular complexity index is 583. The van der Waals surface area contributed by atoms with Gasteiger partial charge in [0, 0.05) is 24.2 Å². The summed E-state index contributed by atoms with van der Waals surface area (Å²) < 4.78 is 0. The molecular formula is C18H30N4O2. The van der Waals surface area contributed by atoms with Crippen molar-refractivity contribution in [2.45, 2.75) is 78.0 Å². The summed E-state index contributed by atoms with van der Waals surface area (Å²) >= 11 is 0. The van der Waals surface area contributed by atoms with Crippen molar-refractivity contribution in [3.8, 4) is 0 Å². The second-order valence-electron chi connectivity index (χ2n) is 7.81. The molecule has 1 aliphatic rings. The van der Waals surface area contributed by atoms with E-state index in [-0.39, 0.29) is 23.5 Å². The zero-order valence-corrected chi connectivity index (χ0v) is 15.4. The van der Waals surface area contributed by atoms with Gasteiger partial charge < -0.3 is 15.7 Å². The van der Waals surface area contributed by atoms with Crippen molar-refractivity contribution in [3.63, 3.8) is 0 Å². The Hall–Kier alpha value is -1.69. The summed E-state index contributed by atoms with van der Waals surface area (Å²) in [5.41, 5.74) is 0.356. The van der Waals surface area contributed by atoms with Gasteiger partial charge in [-0.1, -0.05) is 13.8 Å². The highest BCUT2D eigenvalue weighted by Crippen LogP contribution is 2.28. The van der Waals surface area contributed by atoms with Gasteiger partial charge in [-0.3, -0.25) is 4.79 Å². The van der Waals surface area contributed by atoms with E-state index in [1.165, 1.54) is 0 Å². The highest BCUT2D eigenvalue weighted by molar-refractivity contribution is 6.00. The minimum Gasteiger partial charge on any atom is -0.393 e. The van der Waals surface area contributed by atoms with Gasteiger partial charge in [-0.2, -0.15) is 4.98 Å². The Morgan fingerprint density at radius 1 is 1.38 bits per heavy atom. The predicted octanol–water partition coefficient (Wildman–Crippen LogP) is 3.24. The maximum atomic E-state index is 12.2. The highest BCUT2D eigenvalue weighted by atomic mass is 16.3. The van der Waals surface area contributed by atoms with E-state index in [0.717, 1.165) is 12.8 Å². The standard InChI is InChI=1S/C18H30N4O2/c1-6-14(23)13-10-19-17(22-18(3,4)5)21-16(13)20-12-8-7-11(2)15(24)9-12/h10-12,15,24H,6-9H2,1-5H3,(H2,19,20,21,22)/t11-,12-,15-/m1/s1. The lowest BCUT2D eigenvalue weighted by atomic mass is 9.85. The maximum Gasteiger partial charge on any atom is 0.225 e. The van der Waals surface area contributed by atoms with E-state index < -0.39 is 0 Å². The molecule has 0 aromatic carbocycles. The average molecular weight is 334 g/mol. The topological polar surface area (TPSA) is 87.1 Å². The number of aliphatic hydroxyl groups is 1. The summed E-state index contributed by atoms with van der Waals surface area (Å²) in [6, 6.07) is 0.122. The van der Waals surface area contributed by atoms with Gasteiger partial charge in [0.1, 0.15) is 5.82 Å². The molecule has 2 rings (SSSR count). The highest BCUT2D eigenvalue weighted by Gasteiger charge is 2.27. The first-order valence-electron chi connectivity index (χ1n) is 8.82. The molecule has 1 aliphatic carbocycles. The Balaban J connectivity index is 2.23.